The van der Waals surface area contributed by atoms with Crippen LogP contribution in [0, 0.1) is 17.8 Å². The first-order chi connectivity index (χ1) is 12.3. The van der Waals surface area contributed by atoms with E-state index in [1.54, 1.807) is 6.92 Å². The first-order valence-electron chi connectivity index (χ1n) is 10.4. The van der Waals surface area contributed by atoms with Crippen molar-refractivity contribution in [3.63, 3.8) is 0 Å². The number of hydrogen-bond acceptors (Lipinski definition) is 3. The molecule has 0 bridgehead atoms. The Morgan fingerprint density at radius 2 is 1.63 bits per heavy atom. The number of likely N-dealkylation sites (tertiary alicyclic amines) is 1. The number of carboxylic acids is 1. The van der Waals surface area contributed by atoms with Crippen LogP contribution in [0.5, 0.6) is 0 Å². The molecule has 2 heterocycles. The van der Waals surface area contributed by atoms with Crippen LogP contribution in [0.15, 0.2) is 0 Å². The molecule has 2 aliphatic rings. The second kappa shape index (κ2) is 11.6. The van der Waals surface area contributed by atoms with Crippen molar-refractivity contribution >= 4 is 11.9 Å². The lowest BCUT2D eigenvalue weighted by Gasteiger charge is -2.35. The summed E-state index contributed by atoms with van der Waals surface area (Å²) in [5.74, 6) is -0.428. The minimum Gasteiger partial charge on any atom is -0.481 e. The molecule has 5 heteroatoms. The van der Waals surface area contributed by atoms with Crippen LogP contribution in [0.4, 0.5) is 0 Å². The van der Waals surface area contributed by atoms with Gasteiger partial charge in [-0.2, -0.15) is 0 Å². The molecule has 158 valence electrons. The van der Waals surface area contributed by atoms with Gasteiger partial charge in [0.05, 0.1) is 13.0 Å². The van der Waals surface area contributed by atoms with E-state index in [-0.39, 0.29) is 17.3 Å². The highest BCUT2D eigenvalue weighted by molar-refractivity contribution is 5.76. The number of aliphatic carboxylic acids is 1. The van der Waals surface area contributed by atoms with E-state index in [2.05, 4.69) is 51.8 Å². The molecular weight excluding hydrogens is 340 g/mol. The fourth-order valence-corrected chi connectivity index (χ4v) is 3.52. The molecule has 27 heavy (non-hydrogen) atoms. The van der Waals surface area contributed by atoms with Gasteiger partial charge in [-0.3, -0.25) is 9.59 Å². The van der Waals surface area contributed by atoms with Gasteiger partial charge in [0.2, 0.25) is 5.91 Å². The minimum atomic E-state index is -0.745. The van der Waals surface area contributed by atoms with Gasteiger partial charge in [0.25, 0.3) is 0 Å². The molecule has 2 fully saturated rings. The van der Waals surface area contributed by atoms with Crippen LogP contribution in [0.2, 0.25) is 0 Å². The average Bonchev–Trinajstić information content (AvgIpc) is 3.25. The molecule has 2 saturated heterocycles. The lowest BCUT2D eigenvalue weighted by atomic mass is 9.85. The summed E-state index contributed by atoms with van der Waals surface area (Å²) in [6, 6.07) is 1.11. The van der Waals surface area contributed by atoms with Crippen molar-refractivity contribution in [1.29, 1.82) is 0 Å². The van der Waals surface area contributed by atoms with E-state index < -0.39 is 5.97 Å². The molecule has 0 aliphatic carbocycles. The molecule has 2 N–H and O–H groups in total. The number of carboxylic acid groups (broad SMARTS) is 1. The van der Waals surface area contributed by atoms with Crippen LogP contribution in [0.1, 0.15) is 87.0 Å². The Labute approximate surface area is 167 Å². The molecule has 0 saturated carbocycles. The first kappa shape index (κ1) is 25.8. The van der Waals surface area contributed by atoms with Gasteiger partial charge in [0.1, 0.15) is 5.41 Å². The van der Waals surface area contributed by atoms with Gasteiger partial charge in [-0.05, 0) is 51.5 Å². The van der Waals surface area contributed by atoms with Crippen LogP contribution in [-0.4, -0.2) is 47.1 Å². The van der Waals surface area contributed by atoms with Crippen LogP contribution in [0.25, 0.3) is 0 Å². The van der Waals surface area contributed by atoms with Gasteiger partial charge < -0.3 is 15.3 Å². The fraction of sp³-hybridized carbons (Fsp3) is 0.864. The Kier molecular flexibility index (Phi) is 11.0. The van der Waals surface area contributed by atoms with Crippen LogP contribution < -0.4 is 5.32 Å². The van der Waals surface area contributed by atoms with E-state index >= 15 is 0 Å². The number of hydrogen-bond donors (Lipinski definition) is 2. The van der Waals surface area contributed by atoms with Gasteiger partial charge in [-0.25, -0.2) is 0 Å². The summed E-state index contributed by atoms with van der Waals surface area (Å²) in [7, 11) is 0. The summed E-state index contributed by atoms with van der Waals surface area (Å²) in [4.78, 5) is 23.0. The quantitative estimate of drug-likeness (QED) is 0.703. The van der Waals surface area contributed by atoms with Crippen molar-refractivity contribution in [2.24, 2.45) is 10.8 Å². The summed E-state index contributed by atoms with van der Waals surface area (Å²) in [6.07, 6.45) is 5.84. The van der Waals surface area contributed by atoms with Crippen molar-refractivity contribution in [2.45, 2.75) is 99.1 Å². The van der Waals surface area contributed by atoms with Gasteiger partial charge in [0, 0.05) is 25.4 Å². The van der Waals surface area contributed by atoms with Gasteiger partial charge in [-0.15, -0.1) is 0 Å². The Hall–Kier alpha value is -1.23. The Morgan fingerprint density at radius 3 is 1.93 bits per heavy atom. The highest BCUT2D eigenvalue weighted by atomic mass is 16.4. The molecule has 2 atom stereocenters. The number of rotatable bonds is 3. The average molecular weight is 384 g/mol. The smallest absolute Gasteiger partial charge is 0.303 e. The van der Waals surface area contributed by atoms with Crippen molar-refractivity contribution in [1.82, 2.24) is 10.2 Å². The molecule has 5 nitrogen and oxygen atoms in total. The van der Waals surface area contributed by atoms with Gasteiger partial charge in [-0.1, -0.05) is 34.6 Å². The standard InChI is InChI=1S/C11H21NO.C8H16N.C3H6O2/c1-5-10(13)12-8-6-7-9(12)11(2,3)4;1-8(2,3)7-5-4-6-9-7;1-2-3(4)5/h9H,5-8H2,1-4H3;7,9H,1,4-6H2,2-3H3;2H2,1H3,(H,4,5)/q;+1;. The second-order valence-electron chi connectivity index (χ2n) is 9.35. The zero-order chi connectivity index (χ0) is 21.3. The lowest BCUT2D eigenvalue weighted by Crippen LogP contribution is -2.42. The van der Waals surface area contributed by atoms with E-state index in [4.69, 9.17) is 5.11 Å². The normalized spacial score (nSPS) is 22.4. The predicted molar refractivity (Wildman–Crippen MR) is 113 cm³/mol. The highest BCUT2D eigenvalue weighted by Gasteiger charge is 2.36. The van der Waals surface area contributed by atoms with E-state index in [1.165, 1.54) is 32.2 Å². The van der Waals surface area contributed by atoms with Crippen LogP contribution in [-0.2, 0) is 9.59 Å². The van der Waals surface area contributed by atoms with E-state index in [9.17, 15) is 9.59 Å². The number of amides is 1. The van der Waals surface area contributed by atoms with E-state index in [0.717, 1.165) is 6.54 Å². The van der Waals surface area contributed by atoms with Crippen LogP contribution >= 0.6 is 0 Å². The first-order valence-corrected chi connectivity index (χ1v) is 10.4. The maximum absolute atomic E-state index is 11.6. The zero-order valence-electron chi connectivity index (χ0n) is 18.7. The van der Waals surface area contributed by atoms with Crippen molar-refractivity contribution in [3.05, 3.63) is 6.92 Å². The summed E-state index contributed by atoms with van der Waals surface area (Å²) in [6.45, 7) is 20.8. The fourth-order valence-electron chi connectivity index (χ4n) is 3.52. The Balaban J connectivity index is 0.000000419. The van der Waals surface area contributed by atoms with Crippen molar-refractivity contribution in [2.75, 3.05) is 13.1 Å². The van der Waals surface area contributed by atoms with E-state index in [0.29, 0.717) is 24.4 Å². The molecule has 0 aromatic heterocycles. The molecule has 2 unspecified atom stereocenters. The topological polar surface area (TPSA) is 69.6 Å². The SMILES string of the molecule is CCC(=O)N1CCCC1C(C)(C)C.CCC(=O)O.[CH2+]C(C)(C)C1CCCN1. The van der Waals surface area contributed by atoms with Crippen LogP contribution in [0.3, 0.4) is 0 Å². The number of nitrogens with one attached hydrogen (secondary N) is 1. The molecule has 0 radical (unpaired) electrons. The molecule has 0 aromatic rings. The summed E-state index contributed by atoms with van der Waals surface area (Å²) in [5, 5.41) is 11.2. The van der Waals surface area contributed by atoms with Crippen molar-refractivity contribution in [3.8, 4) is 0 Å². The van der Waals surface area contributed by atoms with Crippen molar-refractivity contribution < 1.29 is 14.7 Å². The maximum atomic E-state index is 11.6. The maximum Gasteiger partial charge on any atom is 0.303 e. The molecule has 0 spiro atoms. The third kappa shape index (κ3) is 10.0. The second-order valence-corrected chi connectivity index (χ2v) is 9.35. The van der Waals surface area contributed by atoms with Gasteiger partial charge in [0.15, 0.2) is 0 Å². The Bertz CT molecular complexity index is 443. The molecular formula is C22H43N2O3+. The van der Waals surface area contributed by atoms with Gasteiger partial charge >= 0.3 is 5.97 Å². The number of carbonyl (C=O) groups excluding carboxylic acids is 1. The highest BCUT2D eigenvalue weighted by Crippen LogP contribution is 2.32. The summed E-state index contributed by atoms with van der Waals surface area (Å²) >= 11 is 0. The summed E-state index contributed by atoms with van der Waals surface area (Å²) in [5.41, 5.74) is 0.456. The summed E-state index contributed by atoms with van der Waals surface area (Å²) < 4.78 is 0. The predicted octanol–water partition coefficient (Wildman–Crippen LogP) is 4.51. The Morgan fingerprint density at radius 1 is 1.07 bits per heavy atom. The number of carbonyl (C=O) groups is 2. The number of nitrogens with zero attached hydrogens (tertiary/aromatic N) is 1. The molecule has 2 aliphatic heterocycles. The minimum absolute atomic E-state index is 0.219. The lowest BCUT2D eigenvalue weighted by molar-refractivity contribution is -0.136. The molecule has 0 aromatic carbocycles. The largest absolute Gasteiger partial charge is 0.481 e. The third-order valence-corrected chi connectivity index (χ3v) is 5.18. The third-order valence-electron chi connectivity index (χ3n) is 5.18. The monoisotopic (exact) mass is 383 g/mol. The zero-order valence-corrected chi connectivity index (χ0v) is 18.7. The molecule has 1 amide bonds. The van der Waals surface area contributed by atoms with E-state index in [1.807, 2.05) is 6.92 Å². The molecule has 2 rings (SSSR count).